The Bertz CT molecular complexity index is 1230. The van der Waals surface area contributed by atoms with E-state index in [4.69, 9.17) is 4.74 Å². The van der Waals surface area contributed by atoms with E-state index in [0.29, 0.717) is 43.4 Å². The molecule has 0 bridgehead atoms. The highest BCUT2D eigenvalue weighted by Crippen LogP contribution is 2.37. The van der Waals surface area contributed by atoms with Crippen LogP contribution in [-0.2, 0) is 21.9 Å². The predicted octanol–water partition coefficient (Wildman–Crippen LogP) is 1.04. The molecule has 5 rings (SSSR count). The quantitative estimate of drug-likeness (QED) is 0.654. The minimum absolute atomic E-state index is 0.00493. The van der Waals surface area contributed by atoms with Crippen LogP contribution in [0.25, 0.3) is 0 Å². The number of carbonyl (C=O) groups is 1. The van der Waals surface area contributed by atoms with E-state index in [-0.39, 0.29) is 22.9 Å². The lowest BCUT2D eigenvalue weighted by molar-refractivity contribution is -0.124. The van der Waals surface area contributed by atoms with Gasteiger partial charge >= 0.3 is 0 Å². The summed E-state index contributed by atoms with van der Waals surface area (Å²) < 4.78 is 34.1. The van der Waals surface area contributed by atoms with Crippen molar-refractivity contribution in [3.8, 4) is 11.8 Å². The van der Waals surface area contributed by atoms with Crippen molar-refractivity contribution in [2.75, 3.05) is 23.3 Å². The van der Waals surface area contributed by atoms with Crippen LogP contribution < -0.4 is 15.0 Å². The number of nitrogens with zero attached hydrogens (tertiary/aromatic N) is 7. The summed E-state index contributed by atoms with van der Waals surface area (Å²) in [5, 5.41) is 16.6. The SMILES string of the molecule is Cn1cc(S(=O)(=O)N2CCC(Nc3ncc4c(n3)N(C3CCCC3)C(=O)C(C#N)O4)CC2)cn1. The third kappa shape index (κ3) is 4.07. The number of aromatic nitrogens is 4. The zero-order chi connectivity index (χ0) is 23.9. The lowest BCUT2D eigenvalue weighted by Crippen LogP contribution is -2.50. The fraction of sp³-hybridized carbons (Fsp3) is 0.571. The second kappa shape index (κ2) is 8.84. The molecular weight excluding hydrogens is 460 g/mol. The standard InChI is InChI=1S/C21H26N8O4S/c1-27-13-16(11-24-27)34(31,32)28-8-6-14(7-9-28)25-21-23-12-18-19(26-21)29(15-4-2-3-5-15)20(30)17(10-22)33-18/h11-15,17H,2-9H2,1H3,(H,23,25,26). The van der Waals surface area contributed by atoms with Gasteiger partial charge in [-0.25, -0.2) is 13.4 Å². The molecule has 1 N–H and O–H groups in total. The van der Waals surface area contributed by atoms with Gasteiger partial charge in [0.1, 0.15) is 11.0 Å². The molecule has 0 aromatic carbocycles. The number of anilines is 2. The van der Waals surface area contributed by atoms with Crippen molar-refractivity contribution in [3.63, 3.8) is 0 Å². The van der Waals surface area contributed by atoms with Crippen molar-refractivity contribution in [1.29, 1.82) is 5.26 Å². The third-order valence-electron chi connectivity index (χ3n) is 6.58. The maximum atomic E-state index is 12.9. The molecule has 34 heavy (non-hydrogen) atoms. The van der Waals surface area contributed by atoms with Gasteiger partial charge in [0, 0.05) is 38.4 Å². The first kappa shape index (κ1) is 22.5. The van der Waals surface area contributed by atoms with Gasteiger partial charge in [0.15, 0.2) is 11.6 Å². The molecule has 3 aliphatic rings. The molecular formula is C21H26N8O4S. The summed E-state index contributed by atoms with van der Waals surface area (Å²) in [5.41, 5.74) is 0. The molecule has 180 valence electrons. The number of nitrogens with one attached hydrogen (secondary N) is 1. The number of hydrogen-bond acceptors (Lipinski definition) is 9. The number of rotatable bonds is 5. The van der Waals surface area contributed by atoms with Crippen molar-refractivity contribution < 1.29 is 17.9 Å². The lowest BCUT2D eigenvalue weighted by atomic mass is 10.1. The summed E-state index contributed by atoms with van der Waals surface area (Å²) >= 11 is 0. The number of amides is 1. The van der Waals surface area contributed by atoms with Crippen molar-refractivity contribution in [1.82, 2.24) is 24.1 Å². The van der Waals surface area contributed by atoms with Crippen LogP contribution in [0.5, 0.6) is 5.75 Å². The highest BCUT2D eigenvalue weighted by molar-refractivity contribution is 7.89. The van der Waals surface area contributed by atoms with E-state index in [1.807, 2.05) is 6.07 Å². The van der Waals surface area contributed by atoms with Crippen LogP contribution in [0.15, 0.2) is 23.5 Å². The zero-order valence-electron chi connectivity index (χ0n) is 18.8. The Labute approximate surface area is 197 Å². The topological polar surface area (TPSA) is 146 Å². The van der Waals surface area contributed by atoms with E-state index in [0.717, 1.165) is 25.7 Å². The van der Waals surface area contributed by atoms with Gasteiger partial charge in [-0.2, -0.15) is 19.6 Å². The van der Waals surface area contributed by atoms with Gasteiger partial charge in [0.2, 0.25) is 16.0 Å². The molecule has 1 aliphatic carbocycles. The molecule has 2 aliphatic heterocycles. The van der Waals surface area contributed by atoms with E-state index in [1.54, 1.807) is 11.9 Å². The van der Waals surface area contributed by atoms with Crippen LogP contribution in [0.2, 0.25) is 0 Å². The van der Waals surface area contributed by atoms with Crippen LogP contribution in [0.3, 0.4) is 0 Å². The molecule has 1 saturated carbocycles. The van der Waals surface area contributed by atoms with E-state index >= 15 is 0 Å². The molecule has 1 amide bonds. The number of carbonyl (C=O) groups excluding carboxylic acids is 1. The van der Waals surface area contributed by atoms with Gasteiger partial charge in [0.25, 0.3) is 12.0 Å². The summed E-state index contributed by atoms with van der Waals surface area (Å²) in [6.45, 7) is 0.721. The number of hydrogen-bond donors (Lipinski definition) is 1. The molecule has 12 nitrogen and oxygen atoms in total. The molecule has 4 heterocycles. The average molecular weight is 487 g/mol. The Kier molecular flexibility index (Phi) is 5.86. The first-order valence-electron chi connectivity index (χ1n) is 11.4. The Morgan fingerprint density at radius 2 is 1.91 bits per heavy atom. The second-order valence-corrected chi connectivity index (χ2v) is 10.8. The molecule has 1 atom stereocenters. The first-order chi connectivity index (χ1) is 16.4. The van der Waals surface area contributed by atoms with Crippen LogP contribution >= 0.6 is 0 Å². The summed E-state index contributed by atoms with van der Waals surface area (Å²) in [6.07, 6.45) is 8.09. The van der Waals surface area contributed by atoms with Crippen LogP contribution in [-0.4, -0.2) is 69.7 Å². The fourth-order valence-electron chi connectivity index (χ4n) is 4.80. The summed E-state index contributed by atoms with van der Waals surface area (Å²) in [4.78, 5) is 23.6. The van der Waals surface area contributed by atoms with E-state index in [1.165, 1.54) is 27.6 Å². The van der Waals surface area contributed by atoms with E-state index < -0.39 is 16.1 Å². The molecule has 0 radical (unpaired) electrons. The van der Waals surface area contributed by atoms with Gasteiger partial charge in [-0.05, 0) is 25.7 Å². The predicted molar refractivity (Wildman–Crippen MR) is 120 cm³/mol. The number of nitriles is 1. The second-order valence-electron chi connectivity index (χ2n) is 8.83. The monoisotopic (exact) mass is 486 g/mol. The minimum atomic E-state index is -3.58. The highest BCUT2D eigenvalue weighted by Gasteiger charge is 2.41. The van der Waals surface area contributed by atoms with Crippen molar-refractivity contribution in [2.45, 2.75) is 61.6 Å². The van der Waals surface area contributed by atoms with Crippen molar-refractivity contribution in [2.24, 2.45) is 7.05 Å². The van der Waals surface area contributed by atoms with Crippen LogP contribution in [0.4, 0.5) is 11.8 Å². The normalized spacial score (nSPS) is 22.3. The zero-order valence-corrected chi connectivity index (χ0v) is 19.6. The minimum Gasteiger partial charge on any atom is -0.460 e. The molecule has 2 aromatic heterocycles. The number of piperidine rings is 1. The van der Waals surface area contributed by atoms with Gasteiger partial charge in [-0.1, -0.05) is 12.8 Å². The summed E-state index contributed by atoms with van der Waals surface area (Å²) in [6, 6.07) is 1.89. The smallest absolute Gasteiger partial charge is 0.284 e. The Morgan fingerprint density at radius 1 is 1.18 bits per heavy atom. The van der Waals surface area contributed by atoms with Crippen molar-refractivity contribution in [3.05, 3.63) is 18.6 Å². The van der Waals surface area contributed by atoms with Gasteiger partial charge in [-0.15, -0.1) is 0 Å². The van der Waals surface area contributed by atoms with E-state index in [2.05, 4.69) is 20.4 Å². The number of sulfonamides is 1. The average Bonchev–Trinajstić information content (AvgIpc) is 3.51. The molecule has 0 spiro atoms. The number of ether oxygens (including phenoxy) is 1. The lowest BCUT2D eigenvalue weighted by Gasteiger charge is -2.35. The summed E-state index contributed by atoms with van der Waals surface area (Å²) in [7, 11) is -1.90. The highest BCUT2D eigenvalue weighted by atomic mass is 32.2. The third-order valence-corrected chi connectivity index (χ3v) is 8.44. The maximum Gasteiger partial charge on any atom is 0.284 e. The molecule has 13 heteroatoms. The van der Waals surface area contributed by atoms with Gasteiger partial charge in [0.05, 0.1) is 12.4 Å². The van der Waals surface area contributed by atoms with Crippen LogP contribution in [0.1, 0.15) is 38.5 Å². The fourth-order valence-corrected chi connectivity index (χ4v) is 6.25. The molecule has 1 unspecified atom stereocenters. The van der Waals surface area contributed by atoms with E-state index in [9.17, 15) is 18.5 Å². The molecule has 2 aromatic rings. The van der Waals surface area contributed by atoms with Gasteiger partial charge in [-0.3, -0.25) is 14.4 Å². The molecule has 2 fully saturated rings. The van der Waals surface area contributed by atoms with Gasteiger partial charge < -0.3 is 10.1 Å². The first-order valence-corrected chi connectivity index (χ1v) is 12.8. The Hall–Kier alpha value is -3.24. The number of aryl methyl sites for hydroxylation is 1. The summed E-state index contributed by atoms with van der Waals surface area (Å²) in [5.74, 6) is 0.668. The Balaban J connectivity index is 1.29. The maximum absolute atomic E-state index is 12.9. The van der Waals surface area contributed by atoms with Crippen LogP contribution in [0, 0.1) is 11.3 Å². The van der Waals surface area contributed by atoms with Crippen molar-refractivity contribution >= 4 is 27.7 Å². The Morgan fingerprint density at radius 3 is 2.56 bits per heavy atom. The largest absolute Gasteiger partial charge is 0.460 e. The molecule has 1 saturated heterocycles. The number of fused-ring (bicyclic) bond motifs is 1.